The fourth-order valence-corrected chi connectivity index (χ4v) is 1.91. The Bertz CT molecular complexity index is 405. The van der Waals surface area contributed by atoms with Gasteiger partial charge >= 0.3 is 0 Å². The number of nitrogens with one attached hydrogen (secondary N) is 1. The van der Waals surface area contributed by atoms with Crippen LogP contribution in [0.15, 0.2) is 18.3 Å². The second-order valence-corrected chi connectivity index (χ2v) is 4.35. The van der Waals surface area contributed by atoms with Crippen molar-refractivity contribution in [3.05, 3.63) is 23.9 Å². The molecule has 1 fully saturated rings. The molecule has 1 saturated heterocycles. The van der Waals surface area contributed by atoms with Gasteiger partial charge in [0.1, 0.15) is 11.9 Å². The highest BCUT2D eigenvalue weighted by atomic mass is 16.5. The summed E-state index contributed by atoms with van der Waals surface area (Å²) in [6.45, 7) is 3.58. The summed E-state index contributed by atoms with van der Waals surface area (Å²) >= 11 is 0. The van der Waals surface area contributed by atoms with Crippen LogP contribution in [-0.4, -0.2) is 23.7 Å². The minimum Gasteiger partial charge on any atom is -0.379 e. The molecule has 1 aromatic rings. The molecule has 4 nitrogen and oxygen atoms in total. The van der Waals surface area contributed by atoms with Crippen LogP contribution in [-0.2, 0) is 4.74 Å². The molecule has 0 spiro atoms. The summed E-state index contributed by atoms with van der Waals surface area (Å²) in [4.78, 5) is 4.20. The number of nitriles is 1. The van der Waals surface area contributed by atoms with Gasteiger partial charge in [-0.3, -0.25) is 0 Å². The highest BCUT2D eigenvalue weighted by molar-refractivity contribution is 5.52. The van der Waals surface area contributed by atoms with Gasteiger partial charge in [-0.05, 0) is 31.9 Å². The van der Waals surface area contributed by atoms with Crippen molar-refractivity contribution in [2.45, 2.75) is 25.3 Å². The number of hydrogen-bond donors (Lipinski definition) is 1. The summed E-state index contributed by atoms with van der Waals surface area (Å²) in [6.07, 6.45) is 3.77. The van der Waals surface area contributed by atoms with E-state index in [0.29, 0.717) is 18.0 Å². The predicted molar refractivity (Wildman–Crippen MR) is 61.0 cm³/mol. The first-order chi connectivity index (χ1) is 7.73. The van der Waals surface area contributed by atoms with Gasteiger partial charge in [0.05, 0.1) is 17.7 Å². The van der Waals surface area contributed by atoms with Crippen LogP contribution in [0.3, 0.4) is 0 Å². The lowest BCUT2D eigenvalue weighted by atomic mass is 9.94. The summed E-state index contributed by atoms with van der Waals surface area (Å²) in [6, 6.07) is 5.67. The van der Waals surface area contributed by atoms with E-state index in [4.69, 9.17) is 10.00 Å². The highest BCUT2D eigenvalue weighted by Crippen LogP contribution is 2.24. The molecule has 2 heterocycles. The highest BCUT2D eigenvalue weighted by Gasteiger charge is 2.28. The van der Waals surface area contributed by atoms with Crippen LogP contribution in [0.1, 0.15) is 25.3 Å². The molecule has 0 saturated carbocycles. The molecular formula is C12H15N3O. The van der Waals surface area contributed by atoms with Crippen molar-refractivity contribution >= 4 is 5.82 Å². The molecule has 16 heavy (non-hydrogen) atoms. The third-order valence-corrected chi connectivity index (χ3v) is 2.79. The molecule has 1 aliphatic rings. The Labute approximate surface area is 95.3 Å². The Morgan fingerprint density at radius 1 is 1.62 bits per heavy atom. The first kappa shape index (κ1) is 10.9. The lowest BCUT2D eigenvalue weighted by molar-refractivity contribution is 0.0539. The van der Waals surface area contributed by atoms with Gasteiger partial charge in [-0.1, -0.05) is 0 Å². The lowest BCUT2D eigenvalue weighted by Gasteiger charge is -2.34. The fourth-order valence-electron chi connectivity index (χ4n) is 1.91. The summed E-state index contributed by atoms with van der Waals surface area (Å²) in [5.74, 6) is 0.651. The van der Waals surface area contributed by atoms with Crippen molar-refractivity contribution in [3.63, 3.8) is 0 Å². The minimum absolute atomic E-state index is 0.113. The predicted octanol–water partition coefficient (Wildman–Crippen LogP) is 1.93. The average molecular weight is 217 g/mol. The van der Waals surface area contributed by atoms with E-state index in [1.807, 2.05) is 0 Å². The van der Waals surface area contributed by atoms with E-state index >= 15 is 0 Å². The van der Waals surface area contributed by atoms with E-state index in [0.717, 1.165) is 19.4 Å². The van der Waals surface area contributed by atoms with Gasteiger partial charge < -0.3 is 10.1 Å². The molecule has 1 unspecified atom stereocenters. The third kappa shape index (κ3) is 2.31. The molecule has 0 bridgehead atoms. The molecule has 0 amide bonds. The zero-order valence-electron chi connectivity index (χ0n) is 9.36. The Morgan fingerprint density at radius 3 is 3.19 bits per heavy atom. The first-order valence-electron chi connectivity index (χ1n) is 5.45. The van der Waals surface area contributed by atoms with Crippen LogP contribution in [0.25, 0.3) is 0 Å². The molecule has 0 aliphatic carbocycles. The maximum atomic E-state index is 8.97. The maximum absolute atomic E-state index is 8.97. The Balaban J connectivity index is 2.16. The Kier molecular flexibility index (Phi) is 3.07. The van der Waals surface area contributed by atoms with Crippen LogP contribution in [0.2, 0.25) is 0 Å². The largest absolute Gasteiger partial charge is 0.379 e. The zero-order valence-corrected chi connectivity index (χ0v) is 9.36. The lowest BCUT2D eigenvalue weighted by Crippen LogP contribution is -2.43. The molecule has 4 heteroatoms. The SMILES string of the molecule is CC1(Nc2ncccc2C#N)CCCOC1. The van der Waals surface area contributed by atoms with Gasteiger partial charge in [0.15, 0.2) is 0 Å². The standard InChI is InChI=1S/C12H15N3O/c1-12(5-3-7-16-9-12)15-11-10(8-13)4-2-6-14-11/h2,4,6H,3,5,7,9H2,1H3,(H,14,15). The Hall–Kier alpha value is -1.60. The molecule has 84 valence electrons. The molecule has 1 aromatic heterocycles. The number of pyridine rings is 1. The summed E-state index contributed by atoms with van der Waals surface area (Å²) < 4.78 is 5.46. The van der Waals surface area contributed by atoms with Crippen LogP contribution < -0.4 is 5.32 Å². The smallest absolute Gasteiger partial charge is 0.144 e. The van der Waals surface area contributed by atoms with E-state index in [9.17, 15) is 0 Å². The number of ether oxygens (including phenoxy) is 1. The molecule has 0 aromatic carbocycles. The summed E-state index contributed by atoms with van der Waals surface area (Å²) in [5.41, 5.74) is 0.465. The third-order valence-electron chi connectivity index (χ3n) is 2.79. The van der Waals surface area contributed by atoms with E-state index < -0.39 is 0 Å². The fraction of sp³-hybridized carbons (Fsp3) is 0.500. The second-order valence-electron chi connectivity index (χ2n) is 4.35. The molecule has 1 atom stereocenters. The Morgan fingerprint density at radius 2 is 2.50 bits per heavy atom. The number of nitrogens with zero attached hydrogens (tertiary/aromatic N) is 2. The van der Waals surface area contributed by atoms with Gasteiger partial charge in [0, 0.05) is 12.8 Å². The van der Waals surface area contributed by atoms with E-state index in [1.54, 1.807) is 18.3 Å². The average Bonchev–Trinajstić information content (AvgIpc) is 2.30. The normalized spacial score (nSPS) is 24.8. The van der Waals surface area contributed by atoms with E-state index in [1.165, 1.54) is 0 Å². The molecule has 1 aliphatic heterocycles. The van der Waals surface area contributed by atoms with Crippen LogP contribution in [0.5, 0.6) is 0 Å². The van der Waals surface area contributed by atoms with Crippen LogP contribution >= 0.6 is 0 Å². The molecule has 0 radical (unpaired) electrons. The van der Waals surface area contributed by atoms with Crippen molar-refractivity contribution in [1.82, 2.24) is 4.98 Å². The van der Waals surface area contributed by atoms with Gasteiger partial charge in [-0.2, -0.15) is 5.26 Å². The van der Waals surface area contributed by atoms with Crippen LogP contribution in [0, 0.1) is 11.3 Å². The number of rotatable bonds is 2. The van der Waals surface area contributed by atoms with Gasteiger partial charge in [0.2, 0.25) is 0 Å². The van der Waals surface area contributed by atoms with Crippen molar-refractivity contribution in [2.75, 3.05) is 18.5 Å². The van der Waals surface area contributed by atoms with Crippen molar-refractivity contribution in [3.8, 4) is 6.07 Å². The monoisotopic (exact) mass is 217 g/mol. The van der Waals surface area contributed by atoms with Crippen molar-refractivity contribution in [1.29, 1.82) is 5.26 Å². The van der Waals surface area contributed by atoms with Crippen molar-refractivity contribution < 1.29 is 4.74 Å². The van der Waals surface area contributed by atoms with E-state index in [2.05, 4.69) is 23.3 Å². The molecule has 2 rings (SSSR count). The number of hydrogen-bond acceptors (Lipinski definition) is 4. The minimum atomic E-state index is -0.113. The number of anilines is 1. The van der Waals surface area contributed by atoms with Crippen molar-refractivity contribution in [2.24, 2.45) is 0 Å². The zero-order chi connectivity index (χ0) is 11.4. The van der Waals surface area contributed by atoms with Gasteiger partial charge in [-0.15, -0.1) is 0 Å². The maximum Gasteiger partial charge on any atom is 0.144 e. The van der Waals surface area contributed by atoms with Gasteiger partial charge in [0.25, 0.3) is 0 Å². The van der Waals surface area contributed by atoms with E-state index in [-0.39, 0.29) is 5.54 Å². The molecular weight excluding hydrogens is 202 g/mol. The van der Waals surface area contributed by atoms with Crippen LogP contribution in [0.4, 0.5) is 5.82 Å². The van der Waals surface area contributed by atoms with Gasteiger partial charge in [-0.25, -0.2) is 4.98 Å². The second kappa shape index (κ2) is 4.50. The quantitative estimate of drug-likeness (QED) is 0.822. The topological polar surface area (TPSA) is 57.9 Å². The molecule has 1 N–H and O–H groups in total. The summed E-state index contributed by atoms with van der Waals surface area (Å²) in [7, 11) is 0. The first-order valence-corrected chi connectivity index (χ1v) is 5.45. The number of aromatic nitrogens is 1. The summed E-state index contributed by atoms with van der Waals surface area (Å²) in [5, 5.41) is 12.3.